The maximum atomic E-state index is 4.21. The first-order valence-corrected chi connectivity index (χ1v) is 4.60. The van der Waals surface area contributed by atoms with Gasteiger partial charge in [0.1, 0.15) is 0 Å². The standard InChI is InChI=1S/C9H9NS/c1-2-7-3-4-8-9(5-7)11-6-10-8/h3-6H,2H2,1H3. The minimum Gasteiger partial charge on any atom is -0.245 e. The van der Waals surface area contributed by atoms with Gasteiger partial charge in [0, 0.05) is 0 Å². The molecule has 0 bridgehead atoms. The van der Waals surface area contributed by atoms with Gasteiger partial charge in [0.05, 0.1) is 15.7 Å². The molecule has 1 aromatic heterocycles. The lowest BCUT2D eigenvalue weighted by atomic mass is 10.2. The second-order valence-electron chi connectivity index (χ2n) is 2.51. The molecule has 0 amide bonds. The van der Waals surface area contributed by atoms with Gasteiger partial charge in [0.15, 0.2) is 0 Å². The molecule has 1 aromatic carbocycles. The van der Waals surface area contributed by atoms with Crippen LogP contribution in [0, 0.1) is 0 Å². The van der Waals surface area contributed by atoms with Crippen LogP contribution in [0.4, 0.5) is 0 Å². The number of benzene rings is 1. The molecule has 0 aliphatic heterocycles. The number of nitrogens with zero attached hydrogens (tertiary/aromatic N) is 1. The average molecular weight is 163 g/mol. The third-order valence-corrected chi connectivity index (χ3v) is 2.60. The van der Waals surface area contributed by atoms with Crippen molar-refractivity contribution in [1.82, 2.24) is 4.98 Å². The second-order valence-corrected chi connectivity index (χ2v) is 3.39. The van der Waals surface area contributed by atoms with Gasteiger partial charge in [-0.2, -0.15) is 0 Å². The predicted molar refractivity (Wildman–Crippen MR) is 49.0 cm³/mol. The molecule has 1 nitrogen and oxygen atoms in total. The van der Waals surface area contributed by atoms with E-state index in [2.05, 4.69) is 30.1 Å². The maximum absolute atomic E-state index is 4.21. The third kappa shape index (κ3) is 1.14. The van der Waals surface area contributed by atoms with Gasteiger partial charge in [-0.15, -0.1) is 11.3 Å². The molecule has 0 unspecified atom stereocenters. The zero-order valence-corrected chi connectivity index (χ0v) is 7.19. The highest BCUT2D eigenvalue weighted by atomic mass is 32.1. The lowest BCUT2D eigenvalue weighted by Crippen LogP contribution is -1.76. The molecule has 11 heavy (non-hydrogen) atoms. The highest BCUT2D eigenvalue weighted by molar-refractivity contribution is 7.16. The zero-order chi connectivity index (χ0) is 7.68. The molecule has 0 atom stereocenters. The number of thiazole rings is 1. The molecule has 0 saturated carbocycles. The van der Waals surface area contributed by atoms with Gasteiger partial charge < -0.3 is 0 Å². The molecule has 0 N–H and O–H groups in total. The van der Waals surface area contributed by atoms with Crippen LogP contribution in [0.3, 0.4) is 0 Å². The second kappa shape index (κ2) is 2.62. The number of aryl methyl sites for hydroxylation is 1. The van der Waals surface area contributed by atoms with Crippen molar-refractivity contribution in [2.24, 2.45) is 0 Å². The Morgan fingerprint density at radius 3 is 3.18 bits per heavy atom. The summed E-state index contributed by atoms with van der Waals surface area (Å²) in [6.45, 7) is 2.17. The highest BCUT2D eigenvalue weighted by Gasteiger charge is 1.95. The first kappa shape index (κ1) is 6.80. The Bertz CT molecular complexity index is 364. The van der Waals surface area contributed by atoms with E-state index in [1.165, 1.54) is 10.3 Å². The fourth-order valence-electron chi connectivity index (χ4n) is 1.12. The van der Waals surface area contributed by atoms with Crippen molar-refractivity contribution >= 4 is 21.6 Å². The smallest absolute Gasteiger partial charge is 0.0812 e. The first-order valence-electron chi connectivity index (χ1n) is 3.72. The van der Waals surface area contributed by atoms with Gasteiger partial charge in [-0.3, -0.25) is 0 Å². The van der Waals surface area contributed by atoms with Crippen LogP contribution in [-0.2, 0) is 6.42 Å². The summed E-state index contributed by atoms with van der Waals surface area (Å²) in [6, 6.07) is 6.44. The number of aromatic nitrogens is 1. The Hall–Kier alpha value is -0.890. The number of rotatable bonds is 1. The molecule has 0 fully saturated rings. The van der Waals surface area contributed by atoms with E-state index >= 15 is 0 Å². The van der Waals surface area contributed by atoms with Crippen molar-refractivity contribution in [2.75, 3.05) is 0 Å². The summed E-state index contributed by atoms with van der Waals surface area (Å²) >= 11 is 1.71. The van der Waals surface area contributed by atoms with Gasteiger partial charge in [-0.1, -0.05) is 13.0 Å². The maximum Gasteiger partial charge on any atom is 0.0812 e. The van der Waals surface area contributed by atoms with Crippen molar-refractivity contribution in [1.29, 1.82) is 0 Å². The topological polar surface area (TPSA) is 12.9 Å². The molecule has 2 aromatic rings. The fraction of sp³-hybridized carbons (Fsp3) is 0.222. The minimum atomic E-state index is 1.10. The minimum absolute atomic E-state index is 1.10. The largest absolute Gasteiger partial charge is 0.245 e. The molecule has 56 valence electrons. The van der Waals surface area contributed by atoms with Crippen molar-refractivity contribution < 1.29 is 0 Å². The quantitative estimate of drug-likeness (QED) is 0.630. The molecular weight excluding hydrogens is 154 g/mol. The van der Waals surface area contributed by atoms with Crippen molar-refractivity contribution in [3.05, 3.63) is 29.3 Å². The number of hydrogen-bond acceptors (Lipinski definition) is 2. The number of hydrogen-bond donors (Lipinski definition) is 0. The fourth-order valence-corrected chi connectivity index (χ4v) is 1.86. The molecule has 0 radical (unpaired) electrons. The molecular formula is C9H9NS. The lowest BCUT2D eigenvalue weighted by Gasteiger charge is -1.93. The van der Waals surface area contributed by atoms with Crippen LogP contribution in [0.15, 0.2) is 23.7 Å². The molecule has 2 heteroatoms. The Balaban J connectivity index is 2.67. The molecule has 0 spiro atoms. The van der Waals surface area contributed by atoms with Crippen LogP contribution < -0.4 is 0 Å². The molecule has 2 rings (SSSR count). The Morgan fingerprint density at radius 1 is 1.45 bits per heavy atom. The summed E-state index contributed by atoms with van der Waals surface area (Å²) in [6.07, 6.45) is 1.10. The monoisotopic (exact) mass is 163 g/mol. The van der Waals surface area contributed by atoms with Gasteiger partial charge in [0.2, 0.25) is 0 Å². The summed E-state index contributed by atoms with van der Waals surface area (Å²) in [7, 11) is 0. The Labute approximate surface area is 69.7 Å². The van der Waals surface area contributed by atoms with Crippen molar-refractivity contribution in [3.8, 4) is 0 Å². The average Bonchev–Trinajstić information content (AvgIpc) is 2.50. The van der Waals surface area contributed by atoms with E-state index in [0.29, 0.717) is 0 Å². The van der Waals surface area contributed by atoms with Crippen LogP contribution in [-0.4, -0.2) is 4.98 Å². The highest BCUT2D eigenvalue weighted by Crippen LogP contribution is 2.18. The van der Waals surface area contributed by atoms with Crippen LogP contribution >= 0.6 is 11.3 Å². The normalized spacial score (nSPS) is 10.6. The van der Waals surface area contributed by atoms with E-state index in [0.717, 1.165) is 11.9 Å². The van der Waals surface area contributed by atoms with E-state index in [4.69, 9.17) is 0 Å². The summed E-state index contributed by atoms with van der Waals surface area (Å²) in [5.74, 6) is 0. The molecule has 0 saturated heterocycles. The van der Waals surface area contributed by atoms with Crippen molar-refractivity contribution in [3.63, 3.8) is 0 Å². The summed E-state index contributed by atoms with van der Waals surface area (Å²) in [4.78, 5) is 4.21. The van der Waals surface area contributed by atoms with Crippen LogP contribution in [0.2, 0.25) is 0 Å². The summed E-state index contributed by atoms with van der Waals surface area (Å²) in [5.41, 5.74) is 4.40. The van der Waals surface area contributed by atoms with E-state index in [-0.39, 0.29) is 0 Å². The Morgan fingerprint density at radius 2 is 2.36 bits per heavy atom. The van der Waals surface area contributed by atoms with Gasteiger partial charge in [-0.25, -0.2) is 4.98 Å². The first-order chi connectivity index (χ1) is 5.40. The van der Waals surface area contributed by atoms with Gasteiger partial charge in [-0.05, 0) is 24.1 Å². The number of fused-ring (bicyclic) bond motifs is 1. The molecule has 0 aliphatic carbocycles. The van der Waals surface area contributed by atoms with Crippen LogP contribution in [0.5, 0.6) is 0 Å². The van der Waals surface area contributed by atoms with E-state index in [1.54, 1.807) is 11.3 Å². The molecule has 0 aliphatic rings. The third-order valence-electron chi connectivity index (χ3n) is 1.80. The summed E-state index contributed by atoms with van der Waals surface area (Å²) < 4.78 is 1.30. The van der Waals surface area contributed by atoms with Gasteiger partial charge in [0.25, 0.3) is 0 Å². The van der Waals surface area contributed by atoms with Crippen molar-refractivity contribution in [2.45, 2.75) is 13.3 Å². The predicted octanol–water partition coefficient (Wildman–Crippen LogP) is 2.86. The van der Waals surface area contributed by atoms with E-state index in [1.807, 2.05) is 5.51 Å². The lowest BCUT2D eigenvalue weighted by molar-refractivity contribution is 1.15. The van der Waals surface area contributed by atoms with E-state index < -0.39 is 0 Å². The Kier molecular flexibility index (Phi) is 1.62. The van der Waals surface area contributed by atoms with Crippen LogP contribution in [0.25, 0.3) is 10.2 Å². The SMILES string of the molecule is CCc1ccc2ncsc2c1. The molecule has 1 heterocycles. The van der Waals surface area contributed by atoms with Gasteiger partial charge >= 0.3 is 0 Å². The summed E-state index contributed by atoms with van der Waals surface area (Å²) in [5, 5.41) is 0. The zero-order valence-electron chi connectivity index (χ0n) is 6.37. The van der Waals surface area contributed by atoms with E-state index in [9.17, 15) is 0 Å². The van der Waals surface area contributed by atoms with Crippen LogP contribution in [0.1, 0.15) is 12.5 Å².